The third-order valence-electron chi connectivity index (χ3n) is 2.52. The van der Waals surface area contributed by atoms with Crippen molar-refractivity contribution < 1.29 is 9.53 Å². The highest BCUT2D eigenvalue weighted by atomic mass is 35.5. The summed E-state index contributed by atoms with van der Waals surface area (Å²) in [5.41, 5.74) is 0.958. The number of halogens is 1. The van der Waals surface area contributed by atoms with Crippen molar-refractivity contribution in [2.75, 3.05) is 7.11 Å². The van der Waals surface area contributed by atoms with E-state index in [1.54, 1.807) is 6.07 Å². The van der Waals surface area contributed by atoms with Gasteiger partial charge in [-0.15, -0.1) is 0 Å². The first-order valence-corrected chi connectivity index (χ1v) is 5.62. The van der Waals surface area contributed by atoms with Crippen LogP contribution >= 0.6 is 11.6 Å². The molecular formula is C12H11ClN2O3. The molecule has 94 valence electrons. The molecule has 0 aliphatic heterocycles. The molecule has 0 aliphatic rings. The van der Waals surface area contributed by atoms with Crippen LogP contribution in [0.1, 0.15) is 21.7 Å². The van der Waals surface area contributed by atoms with Gasteiger partial charge in [-0.3, -0.25) is 4.98 Å². The van der Waals surface area contributed by atoms with Crippen molar-refractivity contribution in [2.45, 2.75) is 6.42 Å². The van der Waals surface area contributed by atoms with Gasteiger partial charge in [-0.05, 0) is 11.6 Å². The molecule has 5 nitrogen and oxygen atoms in total. The van der Waals surface area contributed by atoms with Gasteiger partial charge in [0.25, 0.3) is 0 Å². The van der Waals surface area contributed by atoms with Crippen molar-refractivity contribution in [1.82, 2.24) is 9.97 Å². The molecule has 18 heavy (non-hydrogen) atoms. The van der Waals surface area contributed by atoms with Gasteiger partial charge in [0.2, 0.25) is 0 Å². The van der Waals surface area contributed by atoms with Crippen LogP contribution in [0.25, 0.3) is 0 Å². The number of aromatic nitrogens is 2. The second-order valence-corrected chi connectivity index (χ2v) is 4.10. The fourth-order valence-corrected chi connectivity index (χ4v) is 1.86. The lowest BCUT2D eigenvalue weighted by atomic mass is 10.1. The molecule has 0 aliphatic carbocycles. The van der Waals surface area contributed by atoms with Crippen molar-refractivity contribution in [3.8, 4) is 0 Å². The Morgan fingerprint density at radius 2 is 2.06 bits per heavy atom. The van der Waals surface area contributed by atoms with Crippen molar-refractivity contribution >= 4 is 17.6 Å². The zero-order valence-corrected chi connectivity index (χ0v) is 10.4. The molecule has 1 heterocycles. The number of aromatic amines is 2. The molecule has 0 saturated heterocycles. The van der Waals surface area contributed by atoms with E-state index in [2.05, 4.69) is 14.7 Å². The molecule has 0 spiro atoms. The summed E-state index contributed by atoms with van der Waals surface area (Å²) < 4.78 is 4.60. The van der Waals surface area contributed by atoms with Crippen molar-refractivity contribution in [1.29, 1.82) is 0 Å². The zero-order chi connectivity index (χ0) is 13.1. The maximum absolute atomic E-state index is 11.5. The standard InChI is InChI=1S/C12H11ClN2O3/c1-18-11(16)10-9(14-12(17)15-10)6-7-4-2-3-5-8(7)13/h2-5H,6H2,1H3,(H2,14,15,17). The van der Waals surface area contributed by atoms with Gasteiger partial charge in [-0.1, -0.05) is 29.8 Å². The van der Waals surface area contributed by atoms with Crippen LogP contribution in [-0.2, 0) is 11.2 Å². The number of carbonyl (C=O) groups excluding carboxylic acids is 1. The number of carbonyl (C=O) groups is 1. The lowest BCUT2D eigenvalue weighted by molar-refractivity contribution is 0.0593. The predicted molar refractivity (Wildman–Crippen MR) is 67.0 cm³/mol. The van der Waals surface area contributed by atoms with E-state index in [0.717, 1.165) is 5.56 Å². The monoisotopic (exact) mass is 266 g/mol. The van der Waals surface area contributed by atoms with Gasteiger partial charge in [-0.25, -0.2) is 9.59 Å². The first kappa shape index (κ1) is 12.4. The van der Waals surface area contributed by atoms with Crippen molar-refractivity contribution in [3.05, 3.63) is 56.7 Å². The number of hydrogen-bond donors (Lipinski definition) is 2. The average Bonchev–Trinajstić information content (AvgIpc) is 2.72. The Hall–Kier alpha value is -2.01. The molecule has 0 atom stereocenters. The van der Waals surface area contributed by atoms with Gasteiger partial charge >= 0.3 is 11.7 Å². The van der Waals surface area contributed by atoms with E-state index in [1.807, 2.05) is 18.2 Å². The number of hydrogen-bond acceptors (Lipinski definition) is 3. The maximum Gasteiger partial charge on any atom is 0.356 e. The Balaban J connectivity index is 2.38. The summed E-state index contributed by atoms with van der Waals surface area (Å²) in [5.74, 6) is -0.588. The minimum atomic E-state index is -0.588. The lowest BCUT2D eigenvalue weighted by Crippen LogP contribution is -2.07. The summed E-state index contributed by atoms with van der Waals surface area (Å²) >= 11 is 6.03. The van der Waals surface area contributed by atoms with E-state index in [-0.39, 0.29) is 5.69 Å². The molecule has 2 rings (SSSR count). The highest BCUT2D eigenvalue weighted by Gasteiger charge is 2.16. The van der Waals surface area contributed by atoms with E-state index in [4.69, 9.17) is 11.6 Å². The summed E-state index contributed by atoms with van der Waals surface area (Å²) in [6.07, 6.45) is 0.350. The smallest absolute Gasteiger partial charge is 0.356 e. The normalized spacial score (nSPS) is 10.3. The molecule has 0 bridgehead atoms. The number of nitrogens with one attached hydrogen (secondary N) is 2. The number of rotatable bonds is 3. The van der Waals surface area contributed by atoms with E-state index >= 15 is 0 Å². The third kappa shape index (κ3) is 2.46. The fourth-order valence-electron chi connectivity index (χ4n) is 1.66. The van der Waals surface area contributed by atoms with Crippen LogP contribution in [0.5, 0.6) is 0 Å². The average molecular weight is 267 g/mol. The highest BCUT2D eigenvalue weighted by molar-refractivity contribution is 6.31. The summed E-state index contributed by atoms with van der Waals surface area (Å²) in [6.45, 7) is 0. The summed E-state index contributed by atoms with van der Waals surface area (Å²) in [4.78, 5) is 27.7. The Bertz CT molecular complexity index is 630. The van der Waals surface area contributed by atoms with Crippen molar-refractivity contribution in [3.63, 3.8) is 0 Å². The fraction of sp³-hybridized carbons (Fsp3) is 0.167. The number of imidazole rings is 1. The largest absolute Gasteiger partial charge is 0.464 e. The van der Waals surface area contributed by atoms with Gasteiger partial charge in [0.05, 0.1) is 12.8 Å². The third-order valence-corrected chi connectivity index (χ3v) is 2.89. The SMILES string of the molecule is COC(=O)c1[nH]c(=O)[nH]c1Cc1ccccc1Cl. The number of ether oxygens (including phenoxy) is 1. The minimum absolute atomic E-state index is 0.127. The van der Waals surface area contributed by atoms with E-state index in [1.165, 1.54) is 7.11 Å². The molecule has 0 radical (unpaired) electrons. The first-order valence-electron chi connectivity index (χ1n) is 5.24. The molecule has 2 N–H and O–H groups in total. The molecule has 0 saturated carbocycles. The number of esters is 1. The van der Waals surface area contributed by atoms with Gasteiger partial charge in [-0.2, -0.15) is 0 Å². The number of H-pyrrole nitrogens is 2. The van der Waals surface area contributed by atoms with Crippen LogP contribution in [0.4, 0.5) is 0 Å². The first-order chi connectivity index (χ1) is 8.61. The summed E-state index contributed by atoms with van der Waals surface area (Å²) in [7, 11) is 1.26. The molecule has 2 aromatic rings. The molecule has 0 unspecified atom stereocenters. The van der Waals surface area contributed by atoms with Crippen LogP contribution in [0.15, 0.2) is 29.1 Å². The van der Waals surface area contributed by atoms with E-state index in [0.29, 0.717) is 17.1 Å². The maximum atomic E-state index is 11.5. The molecule has 6 heteroatoms. The van der Waals surface area contributed by atoms with Gasteiger partial charge in [0, 0.05) is 11.4 Å². The van der Waals surface area contributed by atoms with Crippen LogP contribution < -0.4 is 5.69 Å². The zero-order valence-electron chi connectivity index (χ0n) is 9.62. The highest BCUT2D eigenvalue weighted by Crippen LogP contribution is 2.19. The van der Waals surface area contributed by atoms with Gasteiger partial charge in [0.15, 0.2) is 0 Å². The molecule has 0 fully saturated rings. The second-order valence-electron chi connectivity index (χ2n) is 3.69. The van der Waals surface area contributed by atoms with Gasteiger partial charge < -0.3 is 9.72 Å². The topological polar surface area (TPSA) is 75.0 Å². The Kier molecular flexibility index (Phi) is 3.53. The molecular weight excluding hydrogens is 256 g/mol. The molecule has 1 aromatic heterocycles. The van der Waals surface area contributed by atoms with Crippen LogP contribution in [-0.4, -0.2) is 23.0 Å². The Morgan fingerprint density at radius 3 is 2.72 bits per heavy atom. The summed E-state index contributed by atoms with van der Waals surface area (Å²) in [5, 5.41) is 0.579. The van der Waals surface area contributed by atoms with Gasteiger partial charge in [0.1, 0.15) is 5.69 Å². The van der Waals surface area contributed by atoms with E-state index < -0.39 is 11.7 Å². The molecule has 0 amide bonds. The van der Waals surface area contributed by atoms with Crippen LogP contribution in [0.3, 0.4) is 0 Å². The Labute approximate surface area is 108 Å². The van der Waals surface area contributed by atoms with E-state index in [9.17, 15) is 9.59 Å². The minimum Gasteiger partial charge on any atom is -0.464 e. The summed E-state index contributed by atoms with van der Waals surface area (Å²) in [6, 6.07) is 7.23. The van der Waals surface area contributed by atoms with Crippen molar-refractivity contribution in [2.24, 2.45) is 0 Å². The lowest BCUT2D eigenvalue weighted by Gasteiger charge is -2.04. The molecule has 1 aromatic carbocycles. The number of methoxy groups -OCH3 is 1. The second kappa shape index (κ2) is 5.10. The predicted octanol–water partition coefficient (Wildman–Crippen LogP) is 1.73. The quantitative estimate of drug-likeness (QED) is 0.831. The van der Waals surface area contributed by atoms with Crippen LogP contribution in [0.2, 0.25) is 5.02 Å². The number of benzene rings is 1. The van der Waals surface area contributed by atoms with Crippen LogP contribution in [0, 0.1) is 0 Å². The Morgan fingerprint density at radius 1 is 1.33 bits per heavy atom.